The van der Waals surface area contributed by atoms with Gasteiger partial charge in [0.15, 0.2) is 0 Å². The number of fused-ring (bicyclic) bond motifs is 5. The lowest BCUT2D eigenvalue weighted by Gasteiger charge is -2.25. The van der Waals surface area contributed by atoms with Crippen molar-refractivity contribution in [1.82, 2.24) is 4.57 Å². The van der Waals surface area contributed by atoms with E-state index in [1.54, 1.807) is 0 Å². The summed E-state index contributed by atoms with van der Waals surface area (Å²) in [5.74, 6) is 0. The van der Waals surface area contributed by atoms with Crippen molar-refractivity contribution < 1.29 is 0 Å². The zero-order valence-corrected chi connectivity index (χ0v) is 28.5. The second kappa shape index (κ2) is 12.5. The minimum absolute atomic E-state index is 1.13. The Morgan fingerprint density at radius 1 is 0.327 bits per heavy atom. The number of hydrogen-bond acceptors (Lipinski definition) is 1. The van der Waals surface area contributed by atoms with Gasteiger partial charge in [-0.25, -0.2) is 0 Å². The Balaban J connectivity index is 1.11. The first-order valence-corrected chi connectivity index (χ1v) is 17.9. The highest BCUT2D eigenvalue weighted by Crippen LogP contribution is 2.42. The Morgan fingerprint density at radius 2 is 0.923 bits per heavy atom. The molecule has 0 aliphatic heterocycles. The molecule has 0 aliphatic rings. The van der Waals surface area contributed by atoms with Crippen LogP contribution in [0.5, 0.6) is 0 Å². The molecule has 0 N–H and O–H groups in total. The molecule has 0 amide bonds. The zero-order valence-electron chi connectivity index (χ0n) is 28.5. The van der Waals surface area contributed by atoms with Crippen LogP contribution in [-0.4, -0.2) is 4.57 Å². The first-order valence-electron chi connectivity index (χ1n) is 17.9. The molecule has 2 nitrogen and oxygen atoms in total. The van der Waals surface area contributed by atoms with Gasteiger partial charge < -0.3 is 9.47 Å². The maximum atomic E-state index is 2.40. The van der Waals surface area contributed by atoms with Gasteiger partial charge in [0.25, 0.3) is 0 Å². The van der Waals surface area contributed by atoms with E-state index in [9.17, 15) is 0 Å². The van der Waals surface area contributed by atoms with Crippen LogP contribution < -0.4 is 4.90 Å². The lowest BCUT2D eigenvalue weighted by atomic mass is 9.89. The molecule has 0 atom stereocenters. The Morgan fingerprint density at radius 3 is 1.65 bits per heavy atom. The van der Waals surface area contributed by atoms with Gasteiger partial charge in [0.2, 0.25) is 0 Å². The minimum atomic E-state index is 1.13. The van der Waals surface area contributed by atoms with E-state index in [2.05, 4.69) is 216 Å². The largest absolute Gasteiger partial charge is 0.310 e. The summed E-state index contributed by atoms with van der Waals surface area (Å²) in [7, 11) is 0. The number of rotatable bonds is 6. The van der Waals surface area contributed by atoms with Crippen LogP contribution in [0.3, 0.4) is 0 Å². The monoisotopic (exact) mass is 662 g/mol. The zero-order chi connectivity index (χ0) is 34.4. The van der Waals surface area contributed by atoms with E-state index in [1.165, 1.54) is 65.6 Å². The maximum absolute atomic E-state index is 2.40. The summed E-state index contributed by atoms with van der Waals surface area (Å²) >= 11 is 0. The van der Waals surface area contributed by atoms with Gasteiger partial charge in [0.1, 0.15) is 0 Å². The molecule has 0 saturated carbocycles. The molecule has 0 aliphatic carbocycles. The van der Waals surface area contributed by atoms with Crippen molar-refractivity contribution >= 4 is 60.4 Å². The fourth-order valence-corrected chi connectivity index (χ4v) is 8.03. The van der Waals surface area contributed by atoms with Crippen molar-refractivity contribution in [2.24, 2.45) is 0 Å². The molecule has 0 bridgehead atoms. The topological polar surface area (TPSA) is 8.17 Å². The number of nitrogens with zero attached hydrogens (tertiary/aromatic N) is 2. The highest BCUT2D eigenvalue weighted by molar-refractivity contribution is 6.16. The number of aromatic nitrogens is 1. The molecule has 52 heavy (non-hydrogen) atoms. The summed E-state index contributed by atoms with van der Waals surface area (Å²) < 4.78 is 2.40. The summed E-state index contributed by atoms with van der Waals surface area (Å²) in [5, 5.41) is 7.52. The Kier molecular flexibility index (Phi) is 7.18. The first-order chi connectivity index (χ1) is 25.8. The van der Waals surface area contributed by atoms with Crippen molar-refractivity contribution in [2.75, 3.05) is 4.90 Å². The molecule has 2 heteroatoms. The molecular weight excluding hydrogens is 629 g/mol. The number of hydrogen-bond donors (Lipinski definition) is 0. The quantitative estimate of drug-likeness (QED) is 0.161. The number of para-hydroxylation sites is 3. The summed E-state index contributed by atoms with van der Waals surface area (Å²) in [6.45, 7) is 0. The van der Waals surface area contributed by atoms with Crippen LogP contribution in [0.1, 0.15) is 0 Å². The molecule has 10 aromatic rings. The molecule has 10 rings (SSSR count). The van der Waals surface area contributed by atoms with Crippen molar-refractivity contribution in [1.29, 1.82) is 0 Å². The van der Waals surface area contributed by atoms with E-state index in [0.717, 1.165) is 22.7 Å². The van der Waals surface area contributed by atoms with E-state index in [1.807, 2.05) is 0 Å². The van der Waals surface area contributed by atoms with Gasteiger partial charge in [-0.05, 0) is 111 Å². The van der Waals surface area contributed by atoms with E-state index >= 15 is 0 Å². The minimum Gasteiger partial charge on any atom is -0.310 e. The first kappa shape index (κ1) is 30.0. The second-order valence-corrected chi connectivity index (χ2v) is 13.3. The number of anilines is 3. The molecule has 0 unspecified atom stereocenters. The SMILES string of the molecule is c1ccc(-c2c3ccccc3cc3c(-c4ccc(-n5c6ccccc6c6cc(N(c7ccccc7)c7ccccc7)ccc65)cc4)cccc23)cc1. The molecule has 1 aromatic heterocycles. The molecule has 9 aromatic carbocycles. The third-order valence-corrected chi connectivity index (χ3v) is 10.3. The van der Waals surface area contributed by atoms with Crippen molar-refractivity contribution in [3.63, 3.8) is 0 Å². The van der Waals surface area contributed by atoms with E-state index in [-0.39, 0.29) is 0 Å². The van der Waals surface area contributed by atoms with Gasteiger partial charge in [-0.15, -0.1) is 0 Å². The van der Waals surface area contributed by atoms with E-state index < -0.39 is 0 Å². The summed E-state index contributed by atoms with van der Waals surface area (Å²) in [6, 6.07) is 74.6. The fraction of sp³-hybridized carbons (Fsp3) is 0. The second-order valence-electron chi connectivity index (χ2n) is 13.3. The third kappa shape index (κ3) is 4.96. The molecular formula is C50H34N2. The third-order valence-electron chi connectivity index (χ3n) is 10.3. The molecule has 0 saturated heterocycles. The summed E-state index contributed by atoms with van der Waals surface area (Å²) in [6.07, 6.45) is 0. The van der Waals surface area contributed by atoms with Crippen LogP contribution in [0.15, 0.2) is 206 Å². The van der Waals surface area contributed by atoms with Crippen molar-refractivity contribution in [3.05, 3.63) is 206 Å². The van der Waals surface area contributed by atoms with Gasteiger partial charge in [-0.2, -0.15) is 0 Å². The molecule has 0 spiro atoms. The fourth-order valence-electron chi connectivity index (χ4n) is 8.03. The van der Waals surface area contributed by atoms with E-state index in [4.69, 9.17) is 0 Å². The van der Waals surface area contributed by atoms with Gasteiger partial charge in [-0.1, -0.05) is 140 Å². The summed E-state index contributed by atoms with van der Waals surface area (Å²) in [4.78, 5) is 2.33. The van der Waals surface area contributed by atoms with Crippen molar-refractivity contribution in [2.45, 2.75) is 0 Å². The molecule has 0 fully saturated rings. The predicted molar refractivity (Wildman–Crippen MR) is 221 cm³/mol. The lowest BCUT2D eigenvalue weighted by molar-refractivity contribution is 1.18. The lowest BCUT2D eigenvalue weighted by Crippen LogP contribution is -2.09. The van der Waals surface area contributed by atoms with Gasteiger partial charge >= 0.3 is 0 Å². The molecule has 1 heterocycles. The highest BCUT2D eigenvalue weighted by atomic mass is 15.1. The highest BCUT2D eigenvalue weighted by Gasteiger charge is 2.18. The maximum Gasteiger partial charge on any atom is 0.0542 e. The van der Waals surface area contributed by atoms with E-state index in [0.29, 0.717) is 0 Å². The Hall–Kier alpha value is -6.90. The summed E-state index contributed by atoms with van der Waals surface area (Å²) in [5.41, 5.74) is 11.9. The van der Waals surface area contributed by atoms with Crippen molar-refractivity contribution in [3.8, 4) is 27.9 Å². The Labute approximate surface area is 303 Å². The van der Waals surface area contributed by atoms with Crippen LogP contribution in [0.4, 0.5) is 17.1 Å². The van der Waals surface area contributed by atoms with Crippen LogP contribution in [0.2, 0.25) is 0 Å². The van der Waals surface area contributed by atoms with Gasteiger partial charge in [0, 0.05) is 33.5 Å². The van der Waals surface area contributed by atoms with Crippen LogP contribution in [0.25, 0.3) is 71.3 Å². The predicted octanol–water partition coefficient (Wildman–Crippen LogP) is 13.9. The molecule has 0 radical (unpaired) electrons. The average Bonchev–Trinajstić information content (AvgIpc) is 3.55. The standard InChI is InChI=1S/C50H34N2/c1-4-15-36(16-5-1)50-43-22-11-10-17-37(43)33-46-42(24-14-25-45(46)50)35-27-29-40(30-28-35)52-48-26-13-12-23-44(48)47-34-41(31-32-49(47)52)51(38-18-6-2-7-19-38)39-20-8-3-9-21-39/h1-34H. The average molecular weight is 663 g/mol. The van der Waals surface area contributed by atoms with Gasteiger partial charge in [-0.3, -0.25) is 0 Å². The van der Waals surface area contributed by atoms with Crippen LogP contribution in [0, 0.1) is 0 Å². The normalized spacial score (nSPS) is 11.5. The number of benzene rings is 9. The smallest absolute Gasteiger partial charge is 0.0542 e. The Bertz CT molecular complexity index is 2830. The van der Waals surface area contributed by atoms with Crippen LogP contribution >= 0.6 is 0 Å². The van der Waals surface area contributed by atoms with Crippen LogP contribution in [-0.2, 0) is 0 Å². The van der Waals surface area contributed by atoms with Gasteiger partial charge in [0.05, 0.1) is 11.0 Å². The molecule has 244 valence electrons.